The number of esters is 1. The summed E-state index contributed by atoms with van der Waals surface area (Å²) in [5.41, 5.74) is 9.50. The highest BCUT2D eigenvalue weighted by Gasteiger charge is 2.29. The van der Waals surface area contributed by atoms with Gasteiger partial charge in [0.25, 0.3) is 11.8 Å². The van der Waals surface area contributed by atoms with Crippen LogP contribution < -0.4 is 15.8 Å². The number of nitrogens with one attached hydrogen (secondary N) is 2. The Morgan fingerprint density at radius 3 is 2.32 bits per heavy atom. The van der Waals surface area contributed by atoms with E-state index in [4.69, 9.17) is 10.5 Å². The van der Waals surface area contributed by atoms with Gasteiger partial charge in [-0.05, 0) is 81.7 Å². The van der Waals surface area contributed by atoms with Crippen molar-refractivity contribution in [1.82, 2.24) is 4.72 Å². The van der Waals surface area contributed by atoms with Gasteiger partial charge in [0.1, 0.15) is 11.0 Å². The summed E-state index contributed by atoms with van der Waals surface area (Å²) in [4.78, 5) is 37.7. The molecule has 2 aromatic rings. The molecule has 11 heteroatoms. The van der Waals surface area contributed by atoms with Crippen molar-refractivity contribution in [2.45, 2.75) is 64.8 Å². The van der Waals surface area contributed by atoms with Gasteiger partial charge in [0.2, 0.25) is 10.0 Å². The third-order valence-electron chi connectivity index (χ3n) is 6.02. The molecule has 3 rings (SSSR count). The lowest BCUT2D eigenvalue weighted by Gasteiger charge is -2.18. The van der Waals surface area contributed by atoms with Crippen LogP contribution in [0.15, 0.2) is 11.0 Å². The number of benzene rings is 1. The molecule has 4 N–H and O–H groups in total. The molecule has 0 bridgehead atoms. The first-order chi connectivity index (χ1) is 15.8. The van der Waals surface area contributed by atoms with Crippen LogP contribution in [0, 0.1) is 27.7 Å². The van der Waals surface area contributed by atoms with Crippen molar-refractivity contribution in [3.05, 3.63) is 44.3 Å². The zero-order chi connectivity index (χ0) is 25.4. The van der Waals surface area contributed by atoms with Crippen molar-refractivity contribution in [3.8, 4) is 0 Å². The summed E-state index contributed by atoms with van der Waals surface area (Å²) >= 11 is 1.29. The fourth-order valence-corrected chi connectivity index (χ4v) is 7.22. The number of hydrogen-bond donors (Lipinski definition) is 3. The summed E-state index contributed by atoms with van der Waals surface area (Å²) in [7, 11) is -4.01. The second kappa shape index (κ2) is 9.85. The van der Waals surface area contributed by atoms with Gasteiger partial charge in [-0.15, -0.1) is 11.3 Å². The molecule has 184 valence electrons. The number of anilines is 1. The van der Waals surface area contributed by atoms with Crippen molar-refractivity contribution >= 4 is 44.1 Å². The van der Waals surface area contributed by atoms with E-state index in [2.05, 4.69) is 10.0 Å². The summed E-state index contributed by atoms with van der Waals surface area (Å²) in [6.07, 6.45) is 2.48. The molecule has 0 fully saturated rings. The van der Waals surface area contributed by atoms with Crippen LogP contribution in [0.3, 0.4) is 0 Å². The van der Waals surface area contributed by atoms with Crippen molar-refractivity contribution < 1.29 is 27.5 Å². The number of rotatable bonds is 8. The maximum Gasteiger partial charge on any atom is 0.324 e. The number of thiophene rings is 1. The number of carbonyl (C=O) groups excluding carboxylic acids is 3. The van der Waals surface area contributed by atoms with E-state index in [1.165, 1.54) is 18.3 Å². The third-order valence-corrected chi connectivity index (χ3v) is 9.04. The summed E-state index contributed by atoms with van der Waals surface area (Å²) in [5, 5.41) is 2.92. The maximum absolute atomic E-state index is 13.0. The first kappa shape index (κ1) is 25.9. The van der Waals surface area contributed by atoms with Crippen molar-refractivity contribution in [2.75, 3.05) is 11.9 Å². The Hall–Kier alpha value is -2.76. The molecule has 0 saturated heterocycles. The zero-order valence-corrected chi connectivity index (χ0v) is 21.5. The third kappa shape index (κ3) is 5.16. The molecule has 0 spiro atoms. The van der Waals surface area contributed by atoms with Gasteiger partial charge in [-0.2, -0.15) is 4.72 Å². The minimum Gasteiger partial charge on any atom is -0.454 e. The molecule has 0 radical (unpaired) electrons. The Kier molecular flexibility index (Phi) is 7.49. The van der Waals surface area contributed by atoms with Crippen LogP contribution in [-0.2, 0) is 37.2 Å². The molecule has 2 amide bonds. The number of ether oxygens (including phenoxy) is 1. The van der Waals surface area contributed by atoms with Crippen LogP contribution in [0.1, 0.15) is 56.4 Å². The number of amides is 2. The second-order valence-corrected chi connectivity index (χ2v) is 11.3. The lowest BCUT2D eigenvalue weighted by Crippen LogP contribution is -2.41. The molecule has 1 atom stereocenters. The van der Waals surface area contributed by atoms with Crippen molar-refractivity contribution in [1.29, 1.82) is 0 Å². The average Bonchev–Trinajstić information content (AvgIpc) is 3.30. The Labute approximate surface area is 203 Å². The highest BCUT2D eigenvalue weighted by atomic mass is 32.2. The highest BCUT2D eigenvalue weighted by molar-refractivity contribution is 7.89. The monoisotopic (exact) mass is 507 g/mol. The molecule has 34 heavy (non-hydrogen) atoms. The van der Waals surface area contributed by atoms with E-state index in [-0.39, 0.29) is 4.90 Å². The van der Waals surface area contributed by atoms with Crippen LogP contribution in [0.25, 0.3) is 0 Å². The summed E-state index contributed by atoms with van der Waals surface area (Å²) in [6, 6.07) is 0.690. The summed E-state index contributed by atoms with van der Waals surface area (Å²) in [5.74, 6) is -2.17. The number of nitrogens with two attached hydrogens (primary N) is 1. The van der Waals surface area contributed by atoms with E-state index in [0.29, 0.717) is 21.7 Å². The molecule has 9 nitrogen and oxygen atoms in total. The standard InChI is InChI=1S/C23H29N3O6S2/c1-11-9-12(2)14(4)20(13(11)3)34(30,31)26-15(5)23(29)32-10-18(27)25-22-19(21(24)28)16-7-6-8-17(16)33-22/h9,15,26H,6-8,10H2,1-5H3,(H2,24,28)(H,25,27)/t15-/m1/s1. The highest BCUT2D eigenvalue weighted by Crippen LogP contribution is 2.38. The topological polar surface area (TPSA) is 145 Å². The molecule has 1 aliphatic rings. The largest absolute Gasteiger partial charge is 0.454 e. The smallest absolute Gasteiger partial charge is 0.324 e. The molecule has 1 aromatic heterocycles. The van der Waals surface area contributed by atoms with Gasteiger partial charge in [-0.25, -0.2) is 8.42 Å². The fourth-order valence-electron chi connectivity index (χ4n) is 4.10. The Bertz CT molecular complexity index is 1250. The molecule has 1 heterocycles. The van der Waals surface area contributed by atoms with Crippen molar-refractivity contribution in [3.63, 3.8) is 0 Å². The minimum atomic E-state index is -4.01. The molecule has 1 aromatic carbocycles. The Balaban J connectivity index is 1.64. The van der Waals surface area contributed by atoms with Crippen LogP contribution in [-0.4, -0.2) is 38.9 Å². The van der Waals surface area contributed by atoms with Gasteiger partial charge in [-0.1, -0.05) is 6.07 Å². The number of primary amides is 1. The quantitative estimate of drug-likeness (QED) is 0.468. The normalized spacial score (nSPS) is 13.9. The SMILES string of the molecule is Cc1cc(C)c(C)c(S(=O)(=O)N[C@H](C)C(=O)OCC(=O)Nc2sc3c(c2C(N)=O)CCC3)c1C. The van der Waals surface area contributed by atoms with Crippen LogP contribution >= 0.6 is 11.3 Å². The molecular formula is C23H29N3O6S2. The van der Waals surface area contributed by atoms with Crippen LogP contribution in [0.2, 0.25) is 0 Å². The summed E-state index contributed by atoms with van der Waals surface area (Å²) < 4.78 is 33.4. The maximum atomic E-state index is 13.0. The molecule has 1 aliphatic carbocycles. The lowest BCUT2D eigenvalue weighted by molar-refractivity contribution is -0.148. The van der Waals surface area contributed by atoms with Gasteiger partial charge in [-0.3, -0.25) is 14.4 Å². The molecule has 0 unspecified atom stereocenters. The van der Waals surface area contributed by atoms with Gasteiger partial charge in [0, 0.05) is 4.88 Å². The van der Waals surface area contributed by atoms with E-state index >= 15 is 0 Å². The Morgan fingerprint density at radius 2 is 1.74 bits per heavy atom. The predicted octanol–water partition coefficient (Wildman–Crippen LogP) is 2.42. The number of aryl methyl sites for hydroxylation is 3. The first-order valence-corrected chi connectivity index (χ1v) is 13.1. The van der Waals surface area contributed by atoms with E-state index < -0.39 is 40.5 Å². The molecule has 0 saturated carbocycles. The number of carbonyl (C=O) groups is 3. The first-order valence-electron chi connectivity index (χ1n) is 10.8. The second-order valence-electron chi connectivity index (χ2n) is 8.51. The van der Waals surface area contributed by atoms with Crippen LogP contribution in [0.5, 0.6) is 0 Å². The average molecular weight is 508 g/mol. The van der Waals surface area contributed by atoms with Crippen molar-refractivity contribution in [2.24, 2.45) is 5.73 Å². The van der Waals surface area contributed by atoms with Gasteiger partial charge >= 0.3 is 5.97 Å². The molecular weight excluding hydrogens is 478 g/mol. The Morgan fingerprint density at radius 1 is 1.12 bits per heavy atom. The van der Waals surface area contributed by atoms with E-state index in [1.54, 1.807) is 13.8 Å². The number of hydrogen-bond acceptors (Lipinski definition) is 7. The van der Waals surface area contributed by atoms with Gasteiger partial charge in [0.15, 0.2) is 6.61 Å². The zero-order valence-electron chi connectivity index (χ0n) is 19.8. The van der Waals surface area contributed by atoms with E-state index in [9.17, 15) is 22.8 Å². The van der Waals surface area contributed by atoms with E-state index in [1.807, 2.05) is 19.9 Å². The van der Waals surface area contributed by atoms with Crippen LogP contribution in [0.4, 0.5) is 5.00 Å². The van der Waals surface area contributed by atoms with Gasteiger partial charge in [0.05, 0.1) is 10.5 Å². The van der Waals surface area contributed by atoms with E-state index in [0.717, 1.165) is 40.8 Å². The summed E-state index contributed by atoms with van der Waals surface area (Å²) in [6.45, 7) is 7.79. The lowest BCUT2D eigenvalue weighted by atomic mass is 10.0. The number of fused-ring (bicyclic) bond motifs is 1. The predicted molar refractivity (Wildman–Crippen MR) is 130 cm³/mol. The van der Waals surface area contributed by atoms with Gasteiger partial charge < -0.3 is 15.8 Å². The molecule has 0 aliphatic heterocycles. The minimum absolute atomic E-state index is 0.132. The number of sulfonamides is 1. The fraction of sp³-hybridized carbons (Fsp3) is 0.435.